The molecule has 0 aliphatic carbocycles. The average molecular weight is 244 g/mol. The number of anilines is 3. The minimum absolute atomic E-state index is 0.0831. The van der Waals surface area contributed by atoms with E-state index < -0.39 is 4.92 Å². The van der Waals surface area contributed by atoms with Crippen LogP contribution >= 0.6 is 0 Å². The molecule has 6 nitrogen and oxygen atoms in total. The molecular formula is C12H12N4O2. The molecule has 0 bridgehead atoms. The number of nitro groups is 1. The average Bonchev–Trinajstić information content (AvgIpc) is 2.38. The van der Waals surface area contributed by atoms with Gasteiger partial charge in [0.2, 0.25) is 5.82 Å². The number of nitrogen functional groups attached to an aromatic ring is 1. The summed E-state index contributed by atoms with van der Waals surface area (Å²) < 4.78 is 0. The molecule has 1 heterocycles. The highest BCUT2D eigenvalue weighted by molar-refractivity contribution is 5.64. The smallest absolute Gasteiger partial charge is 0.311 e. The monoisotopic (exact) mass is 244 g/mol. The summed E-state index contributed by atoms with van der Waals surface area (Å²) in [5.41, 5.74) is 6.31. The van der Waals surface area contributed by atoms with Crippen LogP contribution in [0.15, 0.2) is 42.5 Å². The van der Waals surface area contributed by atoms with Gasteiger partial charge in [0.05, 0.1) is 4.92 Å². The molecule has 0 radical (unpaired) electrons. The second-order valence-corrected chi connectivity index (χ2v) is 3.73. The first-order chi connectivity index (χ1) is 8.59. The summed E-state index contributed by atoms with van der Waals surface area (Å²) >= 11 is 0. The Hall–Kier alpha value is -2.63. The second kappa shape index (κ2) is 4.70. The maximum absolute atomic E-state index is 10.6. The third-order valence-corrected chi connectivity index (χ3v) is 2.57. The van der Waals surface area contributed by atoms with Gasteiger partial charge in [0, 0.05) is 18.8 Å². The molecule has 0 fully saturated rings. The zero-order chi connectivity index (χ0) is 13.1. The van der Waals surface area contributed by atoms with E-state index in [9.17, 15) is 10.1 Å². The summed E-state index contributed by atoms with van der Waals surface area (Å²) in [5.74, 6) is 0.476. The molecule has 1 aromatic carbocycles. The van der Waals surface area contributed by atoms with Gasteiger partial charge in [-0.3, -0.25) is 10.1 Å². The van der Waals surface area contributed by atoms with E-state index in [0.717, 1.165) is 5.69 Å². The lowest BCUT2D eigenvalue weighted by molar-refractivity contribution is -0.384. The number of rotatable bonds is 3. The quantitative estimate of drug-likeness (QED) is 0.661. The number of nitrogens with zero attached hydrogens (tertiary/aromatic N) is 3. The second-order valence-electron chi connectivity index (χ2n) is 3.73. The van der Waals surface area contributed by atoms with Gasteiger partial charge in [-0.05, 0) is 18.2 Å². The topological polar surface area (TPSA) is 85.3 Å². The maximum atomic E-state index is 10.6. The van der Waals surface area contributed by atoms with Crippen molar-refractivity contribution in [2.75, 3.05) is 17.7 Å². The predicted octanol–water partition coefficient (Wildman–Crippen LogP) is 2.34. The fourth-order valence-corrected chi connectivity index (χ4v) is 1.58. The molecule has 1 aromatic heterocycles. The first kappa shape index (κ1) is 11.8. The summed E-state index contributed by atoms with van der Waals surface area (Å²) in [6, 6.07) is 12.5. The minimum Gasteiger partial charge on any atom is -0.378 e. The summed E-state index contributed by atoms with van der Waals surface area (Å²) in [4.78, 5) is 15.9. The van der Waals surface area contributed by atoms with Crippen molar-refractivity contribution in [3.05, 3.63) is 52.6 Å². The third-order valence-electron chi connectivity index (χ3n) is 2.57. The van der Waals surface area contributed by atoms with Crippen LogP contribution in [-0.2, 0) is 0 Å². The van der Waals surface area contributed by atoms with E-state index in [1.54, 1.807) is 11.0 Å². The van der Waals surface area contributed by atoms with Crippen LogP contribution in [-0.4, -0.2) is 17.0 Å². The molecule has 0 saturated heterocycles. The van der Waals surface area contributed by atoms with Gasteiger partial charge in [0.25, 0.3) is 0 Å². The van der Waals surface area contributed by atoms with Crippen molar-refractivity contribution < 1.29 is 4.92 Å². The van der Waals surface area contributed by atoms with Gasteiger partial charge in [0.1, 0.15) is 5.82 Å². The molecule has 0 amide bonds. The fourth-order valence-electron chi connectivity index (χ4n) is 1.58. The number of hydrogen-bond acceptors (Lipinski definition) is 5. The van der Waals surface area contributed by atoms with E-state index in [1.165, 1.54) is 6.07 Å². The van der Waals surface area contributed by atoms with Crippen LogP contribution in [0.4, 0.5) is 23.0 Å². The highest BCUT2D eigenvalue weighted by atomic mass is 16.6. The number of hydrogen-bond donors (Lipinski definition) is 1. The molecule has 0 atom stereocenters. The Kier molecular flexibility index (Phi) is 3.09. The molecule has 2 aromatic rings. The first-order valence-electron chi connectivity index (χ1n) is 5.29. The standard InChI is InChI=1S/C12H12N4O2/c1-15(9-5-3-2-4-6-9)11-8-7-10(16(17)18)12(13)14-11/h2-8H,1H3,(H2,13,14). The summed E-state index contributed by atoms with van der Waals surface area (Å²) in [5, 5.41) is 10.6. The van der Waals surface area contributed by atoms with Crippen LogP contribution in [0.2, 0.25) is 0 Å². The molecule has 0 saturated carbocycles. The number of aromatic nitrogens is 1. The van der Waals surface area contributed by atoms with Crippen LogP contribution in [0, 0.1) is 10.1 Å². The minimum atomic E-state index is -0.547. The lowest BCUT2D eigenvalue weighted by Crippen LogP contribution is -2.12. The van der Waals surface area contributed by atoms with Gasteiger partial charge in [-0.15, -0.1) is 0 Å². The van der Waals surface area contributed by atoms with E-state index in [-0.39, 0.29) is 11.5 Å². The van der Waals surface area contributed by atoms with Crippen molar-refractivity contribution in [2.24, 2.45) is 0 Å². The van der Waals surface area contributed by atoms with Gasteiger partial charge in [-0.1, -0.05) is 18.2 Å². The molecule has 0 aliphatic heterocycles. The highest BCUT2D eigenvalue weighted by Gasteiger charge is 2.14. The number of nitrogens with two attached hydrogens (primary N) is 1. The van der Waals surface area contributed by atoms with Gasteiger partial charge in [-0.2, -0.15) is 0 Å². The van der Waals surface area contributed by atoms with Crippen LogP contribution < -0.4 is 10.6 Å². The molecule has 2 rings (SSSR count). The zero-order valence-corrected chi connectivity index (χ0v) is 9.78. The molecular weight excluding hydrogens is 232 g/mol. The Morgan fingerprint density at radius 3 is 2.44 bits per heavy atom. The van der Waals surface area contributed by atoms with E-state index in [0.29, 0.717) is 5.82 Å². The largest absolute Gasteiger partial charge is 0.378 e. The molecule has 6 heteroatoms. The molecule has 2 N–H and O–H groups in total. The Morgan fingerprint density at radius 2 is 1.89 bits per heavy atom. The molecule has 18 heavy (non-hydrogen) atoms. The summed E-state index contributed by atoms with van der Waals surface area (Å²) in [6.45, 7) is 0. The third kappa shape index (κ3) is 2.22. The van der Waals surface area contributed by atoms with Crippen molar-refractivity contribution in [1.82, 2.24) is 4.98 Å². The molecule has 0 spiro atoms. The van der Waals surface area contributed by atoms with E-state index >= 15 is 0 Å². The molecule has 0 unspecified atom stereocenters. The molecule has 92 valence electrons. The Morgan fingerprint density at radius 1 is 1.22 bits per heavy atom. The van der Waals surface area contributed by atoms with Gasteiger partial charge in [0.15, 0.2) is 0 Å². The van der Waals surface area contributed by atoms with Crippen molar-refractivity contribution in [3.63, 3.8) is 0 Å². The number of pyridine rings is 1. The highest BCUT2D eigenvalue weighted by Crippen LogP contribution is 2.26. The van der Waals surface area contributed by atoms with Crippen molar-refractivity contribution in [1.29, 1.82) is 0 Å². The predicted molar refractivity (Wildman–Crippen MR) is 69.8 cm³/mol. The van der Waals surface area contributed by atoms with Gasteiger partial charge < -0.3 is 10.6 Å². The van der Waals surface area contributed by atoms with Crippen molar-refractivity contribution in [3.8, 4) is 0 Å². The fraction of sp³-hybridized carbons (Fsp3) is 0.0833. The number of benzene rings is 1. The Labute approximate surface area is 104 Å². The Balaban J connectivity index is 2.35. The van der Waals surface area contributed by atoms with E-state index in [1.807, 2.05) is 37.4 Å². The van der Waals surface area contributed by atoms with E-state index in [2.05, 4.69) is 4.98 Å². The van der Waals surface area contributed by atoms with Crippen LogP contribution in [0.25, 0.3) is 0 Å². The van der Waals surface area contributed by atoms with Crippen LogP contribution in [0.1, 0.15) is 0 Å². The maximum Gasteiger partial charge on any atom is 0.311 e. The van der Waals surface area contributed by atoms with Gasteiger partial charge >= 0.3 is 5.69 Å². The first-order valence-corrected chi connectivity index (χ1v) is 5.29. The lowest BCUT2D eigenvalue weighted by atomic mass is 10.3. The SMILES string of the molecule is CN(c1ccccc1)c1ccc([N+](=O)[O-])c(N)n1. The summed E-state index contributed by atoms with van der Waals surface area (Å²) in [7, 11) is 1.82. The Bertz CT molecular complexity index is 572. The van der Waals surface area contributed by atoms with Crippen molar-refractivity contribution in [2.45, 2.75) is 0 Å². The number of para-hydroxylation sites is 1. The van der Waals surface area contributed by atoms with Gasteiger partial charge in [-0.25, -0.2) is 4.98 Å². The summed E-state index contributed by atoms with van der Waals surface area (Å²) in [6.07, 6.45) is 0. The van der Waals surface area contributed by atoms with Crippen LogP contribution in [0.5, 0.6) is 0 Å². The lowest BCUT2D eigenvalue weighted by Gasteiger charge is -2.18. The van der Waals surface area contributed by atoms with E-state index in [4.69, 9.17) is 5.73 Å². The normalized spacial score (nSPS) is 10.1. The molecule has 0 aliphatic rings. The zero-order valence-electron chi connectivity index (χ0n) is 9.78. The van der Waals surface area contributed by atoms with Crippen molar-refractivity contribution >= 4 is 23.0 Å². The van der Waals surface area contributed by atoms with Crippen LogP contribution in [0.3, 0.4) is 0 Å².